The predicted octanol–water partition coefficient (Wildman–Crippen LogP) is 3.71. The Bertz CT molecular complexity index is 202. The summed E-state index contributed by atoms with van der Waals surface area (Å²) in [6.45, 7) is 9.25. The van der Waals surface area contributed by atoms with Gasteiger partial charge in [0.15, 0.2) is 0 Å². The lowest BCUT2D eigenvalue weighted by atomic mass is 10.7. The molecule has 0 bridgehead atoms. The summed E-state index contributed by atoms with van der Waals surface area (Å²) >= 11 is 0. The molecule has 0 radical (unpaired) electrons. The topological polar surface area (TPSA) is 27.7 Å². The van der Waals surface area contributed by atoms with E-state index in [2.05, 4.69) is 33.3 Å². The molecule has 3 atom stereocenters. The van der Waals surface area contributed by atoms with Gasteiger partial charge in [-0.05, 0) is 18.2 Å². The molecule has 7 heteroatoms. The summed E-state index contributed by atoms with van der Waals surface area (Å²) in [4.78, 5) is 0. The third-order valence-corrected chi connectivity index (χ3v) is 2.24. The van der Waals surface area contributed by atoms with Crippen molar-refractivity contribution in [2.75, 3.05) is 0 Å². The van der Waals surface area contributed by atoms with Crippen molar-refractivity contribution in [3.05, 3.63) is 38.0 Å². The van der Waals surface area contributed by atoms with Gasteiger partial charge in [0.05, 0.1) is 0 Å². The highest BCUT2D eigenvalue weighted by Gasteiger charge is 2.23. The molecule has 0 fully saturated rings. The van der Waals surface area contributed by atoms with Crippen molar-refractivity contribution in [1.82, 2.24) is 0 Å². The van der Waals surface area contributed by atoms with E-state index in [4.69, 9.17) is 0 Å². The first-order chi connectivity index (χ1) is 7.53. The van der Waals surface area contributed by atoms with E-state index in [-0.39, 0.29) is 0 Å². The van der Waals surface area contributed by atoms with Crippen molar-refractivity contribution >= 4 is 8.60 Å². The monoisotopic (exact) mass is 256 g/mol. The molecular weight excluding hydrogens is 244 g/mol. The lowest BCUT2D eigenvalue weighted by molar-refractivity contribution is 0.00142. The summed E-state index contributed by atoms with van der Waals surface area (Å²) in [5, 5.41) is 0. The van der Waals surface area contributed by atoms with Gasteiger partial charge in [-0.15, -0.1) is 0 Å². The molecule has 0 aliphatic heterocycles. The second-order valence-electron chi connectivity index (χ2n) is 2.30. The first-order valence-corrected chi connectivity index (χ1v) is 5.23. The average molecular weight is 256 g/mol. The van der Waals surface area contributed by atoms with E-state index in [1.807, 2.05) is 0 Å². The maximum absolute atomic E-state index is 12.7. The van der Waals surface area contributed by atoms with E-state index in [1.54, 1.807) is 0 Å². The van der Waals surface area contributed by atoms with Crippen molar-refractivity contribution < 1.29 is 26.7 Å². The van der Waals surface area contributed by atoms with Crippen molar-refractivity contribution in [3.8, 4) is 0 Å². The minimum atomic E-state index is -2.54. The maximum atomic E-state index is 12.7. The molecule has 0 aromatic rings. The molecule has 16 heavy (non-hydrogen) atoms. The molecule has 92 valence electrons. The smallest absolute Gasteiger partial charge is 0.273 e. The van der Waals surface area contributed by atoms with E-state index < -0.39 is 27.7 Å². The van der Waals surface area contributed by atoms with Crippen LogP contribution in [0.4, 0.5) is 13.2 Å². The van der Waals surface area contributed by atoms with Gasteiger partial charge in [0, 0.05) is 0 Å². The Hall–Kier alpha value is -0.680. The second kappa shape index (κ2) is 8.47. The molecule has 0 aromatic heterocycles. The summed E-state index contributed by atoms with van der Waals surface area (Å²) in [6.07, 6.45) is -3.49. The van der Waals surface area contributed by atoms with E-state index in [9.17, 15) is 13.2 Å². The van der Waals surface area contributed by atoms with Gasteiger partial charge in [-0.3, -0.25) is 13.6 Å². The lowest BCUT2D eigenvalue weighted by Gasteiger charge is -2.18. The van der Waals surface area contributed by atoms with Crippen LogP contribution in [0.1, 0.15) is 0 Å². The van der Waals surface area contributed by atoms with Crippen LogP contribution in [0.5, 0.6) is 0 Å². The fourth-order valence-electron chi connectivity index (χ4n) is 0.450. The Morgan fingerprint density at radius 1 is 0.750 bits per heavy atom. The van der Waals surface area contributed by atoms with Gasteiger partial charge in [0.2, 0.25) is 19.1 Å². The summed E-state index contributed by atoms with van der Waals surface area (Å²) in [5.74, 6) is 0. The highest BCUT2D eigenvalue weighted by molar-refractivity contribution is 7.41. The van der Waals surface area contributed by atoms with E-state index in [0.717, 1.165) is 18.2 Å². The highest BCUT2D eigenvalue weighted by Crippen LogP contribution is 2.44. The summed E-state index contributed by atoms with van der Waals surface area (Å²) in [7, 11) is -2.54. The molecular formula is C9H12F3O3P. The van der Waals surface area contributed by atoms with E-state index in [0.29, 0.717) is 0 Å². The number of halogens is 3. The minimum Gasteiger partial charge on any atom is -0.273 e. The Morgan fingerprint density at radius 3 is 1.19 bits per heavy atom. The molecule has 3 unspecified atom stereocenters. The number of hydrogen-bond donors (Lipinski definition) is 0. The van der Waals surface area contributed by atoms with Crippen LogP contribution in [-0.2, 0) is 13.6 Å². The van der Waals surface area contributed by atoms with Crippen molar-refractivity contribution in [1.29, 1.82) is 0 Å². The van der Waals surface area contributed by atoms with Gasteiger partial charge in [0.1, 0.15) is 0 Å². The first-order valence-electron chi connectivity index (χ1n) is 4.13. The van der Waals surface area contributed by atoms with Crippen molar-refractivity contribution in [3.63, 3.8) is 0 Å². The molecule has 0 spiro atoms. The SMILES string of the molecule is C=CC(F)OP(OC(F)C=C)OC(F)C=C. The van der Waals surface area contributed by atoms with Crippen LogP contribution in [0, 0.1) is 0 Å². The lowest BCUT2D eigenvalue weighted by Crippen LogP contribution is -2.09. The first kappa shape index (κ1) is 15.3. The second-order valence-corrected chi connectivity index (χ2v) is 3.38. The minimum absolute atomic E-state index is 0.782. The summed E-state index contributed by atoms with van der Waals surface area (Å²) in [5.41, 5.74) is 0. The summed E-state index contributed by atoms with van der Waals surface area (Å²) in [6, 6.07) is 0. The molecule has 0 rings (SSSR count). The third-order valence-electron chi connectivity index (χ3n) is 1.12. The zero-order chi connectivity index (χ0) is 12.6. The fourth-order valence-corrected chi connectivity index (χ4v) is 1.35. The van der Waals surface area contributed by atoms with Gasteiger partial charge in [-0.25, -0.2) is 13.2 Å². The molecule has 0 amide bonds. The molecule has 0 aliphatic carbocycles. The molecule has 0 N–H and O–H groups in total. The molecule has 0 aliphatic rings. The van der Waals surface area contributed by atoms with Gasteiger partial charge in [0.25, 0.3) is 0 Å². The Labute approximate surface area is 93.2 Å². The number of alkyl halides is 3. The zero-order valence-electron chi connectivity index (χ0n) is 8.39. The summed E-state index contributed by atoms with van der Waals surface area (Å²) < 4.78 is 51.3. The van der Waals surface area contributed by atoms with Crippen molar-refractivity contribution in [2.45, 2.75) is 19.1 Å². The van der Waals surface area contributed by atoms with Crippen LogP contribution in [0.3, 0.4) is 0 Å². The van der Waals surface area contributed by atoms with Gasteiger partial charge >= 0.3 is 8.60 Å². The van der Waals surface area contributed by atoms with Crippen LogP contribution in [0.15, 0.2) is 38.0 Å². The van der Waals surface area contributed by atoms with Gasteiger partial charge < -0.3 is 0 Å². The van der Waals surface area contributed by atoms with Gasteiger partial charge in [-0.2, -0.15) is 0 Å². The largest absolute Gasteiger partial charge is 0.341 e. The Kier molecular flexibility index (Phi) is 8.11. The van der Waals surface area contributed by atoms with Crippen LogP contribution >= 0.6 is 8.60 Å². The standard InChI is InChI=1S/C9H12F3O3P/c1-4-7(10)13-16(14-8(11)5-2)15-9(12)6-3/h4-9H,1-3H2. The molecule has 3 nitrogen and oxygen atoms in total. The van der Waals surface area contributed by atoms with Crippen LogP contribution in [-0.4, -0.2) is 19.1 Å². The number of rotatable bonds is 9. The molecule has 0 aromatic carbocycles. The maximum Gasteiger partial charge on any atom is 0.341 e. The van der Waals surface area contributed by atoms with Crippen LogP contribution in [0.2, 0.25) is 0 Å². The number of hydrogen-bond acceptors (Lipinski definition) is 3. The normalized spacial score (nSPS) is 18.2. The molecule has 0 saturated heterocycles. The van der Waals surface area contributed by atoms with Crippen LogP contribution in [0.25, 0.3) is 0 Å². The third kappa shape index (κ3) is 6.74. The molecule has 0 saturated carbocycles. The van der Waals surface area contributed by atoms with E-state index >= 15 is 0 Å². The van der Waals surface area contributed by atoms with E-state index in [1.165, 1.54) is 0 Å². The fraction of sp³-hybridized carbons (Fsp3) is 0.333. The Balaban J connectivity index is 4.30. The van der Waals surface area contributed by atoms with Crippen molar-refractivity contribution in [2.24, 2.45) is 0 Å². The van der Waals surface area contributed by atoms with Crippen LogP contribution < -0.4 is 0 Å². The average Bonchev–Trinajstić information content (AvgIpc) is 2.28. The predicted molar refractivity (Wildman–Crippen MR) is 55.5 cm³/mol. The Morgan fingerprint density at radius 2 is 1.00 bits per heavy atom. The highest BCUT2D eigenvalue weighted by atomic mass is 31.2. The zero-order valence-corrected chi connectivity index (χ0v) is 9.29. The molecule has 0 heterocycles. The van der Waals surface area contributed by atoms with Gasteiger partial charge in [-0.1, -0.05) is 19.7 Å². The quantitative estimate of drug-likeness (QED) is 0.465.